The van der Waals surface area contributed by atoms with E-state index >= 15 is 0 Å². The van der Waals surface area contributed by atoms with E-state index in [2.05, 4.69) is 60.6 Å². The molecular weight excluding hydrogens is 428 g/mol. The molecule has 0 saturated heterocycles. The van der Waals surface area contributed by atoms with Crippen LogP contribution in [0.5, 0.6) is 0 Å². The minimum absolute atomic E-state index is 0.0200. The Kier molecular flexibility index (Phi) is 2.93. The van der Waals surface area contributed by atoms with Crippen LogP contribution in [-0.4, -0.2) is 70.0 Å². The van der Waals surface area contributed by atoms with Crippen LogP contribution in [0.3, 0.4) is 0 Å². The normalized spacial score (nSPS) is 11.7. The molecule has 0 bridgehead atoms. The van der Waals surface area contributed by atoms with Gasteiger partial charge in [0, 0.05) is 0 Å². The molecule has 0 aliphatic heterocycles. The van der Waals surface area contributed by atoms with E-state index in [0.29, 0.717) is 0 Å². The third-order valence-electron chi connectivity index (χ3n) is 4.12. The molecule has 152 valence electrons. The predicted molar refractivity (Wildman–Crippen MR) is 84.8 cm³/mol. The van der Waals surface area contributed by atoms with Crippen LogP contribution in [0.2, 0.25) is 0 Å². The van der Waals surface area contributed by atoms with Crippen molar-refractivity contribution in [1.82, 2.24) is 60.1 Å². The Labute approximate surface area is 162 Å². The van der Waals surface area contributed by atoms with Crippen LogP contribution in [0, 0.1) is 20.2 Å². The number of aromatic nitrogens is 12. The third-order valence-corrected chi connectivity index (χ3v) is 4.12. The van der Waals surface area contributed by atoms with Crippen molar-refractivity contribution in [2.24, 2.45) is 0 Å². The molecule has 0 N–H and O–H groups in total. The minimum atomic E-state index is -0.824. The molecule has 0 aliphatic carbocycles. The molecule has 31 heavy (non-hydrogen) atoms. The van der Waals surface area contributed by atoms with Crippen molar-refractivity contribution in [1.29, 1.82) is 0 Å². The molecule has 0 unspecified atom stereocenters. The van der Waals surface area contributed by atoms with E-state index in [1.54, 1.807) is 0 Å². The number of hydrogen-bond donors (Lipinski definition) is 0. The fourth-order valence-corrected chi connectivity index (χ4v) is 2.92. The summed E-state index contributed by atoms with van der Waals surface area (Å²) >= 11 is 0. The molecule has 0 fully saturated rings. The lowest BCUT2D eigenvalue weighted by atomic mass is 10.4. The van der Waals surface area contributed by atoms with Crippen LogP contribution in [0.4, 0.5) is 11.6 Å². The number of rotatable bonds is 4. The Morgan fingerprint density at radius 3 is 1.42 bits per heavy atom. The zero-order valence-corrected chi connectivity index (χ0v) is 14.1. The van der Waals surface area contributed by atoms with Gasteiger partial charge in [0.25, 0.3) is 11.4 Å². The average Bonchev–Trinajstić information content (AvgIpc) is 3.56. The second kappa shape index (κ2) is 5.52. The van der Waals surface area contributed by atoms with Gasteiger partial charge in [0.2, 0.25) is 34.2 Å². The van der Waals surface area contributed by atoms with Crippen molar-refractivity contribution in [3.05, 3.63) is 20.2 Å². The van der Waals surface area contributed by atoms with Gasteiger partial charge in [-0.2, -0.15) is 0 Å². The molecule has 0 atom stereocenters. The monoisotopic (exact) mass is 428 g/mol. The van der Waals surface area contributed by atoms with E-state index in [9.17, 15) is 20.2 Å². The zero-order chi connectivity index (χ0) is 21.3. The average molecular weight is 428 g/mol. The SMILES string of the molecule is O=[N+]([O-])c1nonc1-c1nnc2c3nnc(-c4nonc4[N+](=O)[O-])n3c3nonc3n12. The molecule has 6 aromatic heterocycles. The van der Waals surface area contributed by atoms with Crippen molar-refractivity contribution >= 4 is 34.2 Å². The van der Waals surface area contributed by atoms with Gasteiger partial charge in [-0.25, -0.2) is 13.4 Å². The van der Waals surface area contributed by atoms with Gasteiger partial charge >= 0.3 is 11.6 Å². The quantitative estimate of drug-likeness (QED) is 0.246. The molecule has 6 heterocycles. The fraction of sp³-hybridized carbons (Fsp3) is 0. The standard InChI is InChI=1S/C10N14O7/c25-23(26)5-1(15-29-17-5)3-11-13-7-8-14-12-4(2-6(24(27)28)18-30-16-2)22(8)10-9(21(3)7)19-31-20-10. The Morgan fingerprint density at radius 2 is 1.00 bits per heavy atom. The highest BCUT2D eigenvalue weighted by atomic mass is 16.6. The summed E-state index contributed by atoms with van der Waals surface area (Å²) in [4.78, 5) is 20.7. The highest BCUT2D eigenvalue weighted by Gasteiger charge is 2.33. The minimum Gasteiger partial charge on any atom is -0.358 e. The lowest BCUT2D eigenvalue weighted by Crippen LogP contribution is -2.02. The fourth-order valence-electron chi connectivity index (χ4n) is 2.92. The van der Waals surface area contributed by atoms with E-state index in [1.165, 1.54) is 8.80 Å². The Balaban J connectivity index is 1.73. The molecule has 21 heteroatoms. The van der Waals surface area contributed by atoms with Gasteiger partial charge in [-0.15, -0.1) is 29.7 Å². The molecule has 0 radical (unpaired) electrons. The van der Waals surface area contributed by atoms with Crippen molar-refractivity contribution < 1.29 is 23.7 Å². The van der Waals surface area contributed by atoms with Gasteiger partial charge in [0.1, 0.15) is 0 Å². The Bertz CT molecular complexity index is 1530. The van der Waals surface area contributed by atoms with Crippen LogP contribution in [0.1, 0.15) is 0 Å². The smallest absolute Gasteiger partial charge is 0.358 e. The first-order valence-corrected chi connectivity index (χ1v) is 7.75. The van der Waals surface area contributed by atoms with Gasteiger partial charge in [0.15, 0.2) is 10.3 Å². The number of fused-ring (bicyclic) bond motifs is 6. The summed E-state index contributed by atoms with van der Waals surface area (Å²) in [6.07, 6.45) is 0. The van der Waals surface area contributed by atoms with Crippen LogP contribution in [-0.2, 0) is 0 Å². The van der Waals surface area contributed by atoms with E-state index < -0.39 is 21.5 Å². The summed E-state index contributed by atoms with van der Waals surface area (Å²) in [5, 5.41) is 59.0. The van der Waals surface area contributed by atoms with Gasteiger partial charge < -0.3 is 20.2 Å². The second-order valence-corrected chi connectivity index (χ2v) is 5.66. The molecular formula is C10N14O7. The predicted octanol–water partition coefficient (Wildman–Crippen LogP) is -0.775. The maximum Gasteiger partial charge on any atom is 0.446 e. The largest absolute Gasteiger partial charge is 0.446 e. The van der Waals surface area contributed by atoms with Gasteiger partial charge in [0.05, 0.1) is 0 Å². The van der Waals surface area contributed by atoms with Gasteiger partial charge in [-0.05, 0) is 30.5 Å². The van der Waals surface area contributed by atoms with Crippen LogP contribution < -0.4 is 0 Å². The molecule has 6 rings (SSSR count). The van der Waals surface area contributed by atoms with Crippen molar-refractivity contribution in [2.75, 3.05) is 0 Å². The zero-order valence-electron chi connectivity index (χ0n) is 14.1. The molecule has 0 aliphatic rings. The van der Waals surface area contributed by atoms with E-state index in [0.717, 1.165) is 0 Å². The molecule has 0 aromatic carbocycles. The second-order valence-electron chi connectivity index (χ2n) is 5.66. The Morgan fingerprint density at radius 1 is 0.581 bits per heavy atom. The molecule has 0 saturated carbocycles. The third kappa shape index (κ3) is 2.01. The van der Waals surface area contributed by atoms with Crippen LogP contribution in [0.15, 0.2) is 13.9 Å². The first-order chi connectivity index (χ1) is 15.1. The first-order valence-electron chi connectivity index (χ1n) is 7.75. The lowest BCUT2D eigenvalue weighted by molar-refractivity contribution is -0.390. The van der Waals surface area contributed by atoms with Gasteiger partial charge in [-0.3, -0.25) is 0 Å². The Hall–Kier alpha value is -5.50. The highest BCUT2D eigenvalue weighted by molar-refractivity contribution is 5.85. The van der Waals surface area contributed by atoms with E-state index in [-0.39, 0.29) is 45.6 Å². The maximum atomic E-state index is 11.2. The summed E-state index contributed by atoms with van der Waals surface area (Å²) < 4.78 is 16.1. The molecule has 0 spiro atoms. The molecule has 21 nitrogen and oxygen atoms in total. The topological polar surface area (TPSA) is 263 Å². The van der Waals surface area contributed by atoms with Crippen molar-refractivity contribution in [3.8, 4) is 23.0 Å². The van der Waals surface area contributed by atoms with Crippen LogP contribution >= 0.6 is 0 Å². The summed E-state index contributed by atoms with van der Waals surface area (Å²) in [5.41, 5.74) is -0.842. The molecule has 0 amide bonds. The highest BCUT2D eigenvalue weighted by Crippen LogP contribution is 2.31. The summed E-state index contributed by atoms with van der Waals surface area (Å²) in [6.45, 7) is 0. The van der Waals surface area contributed by atoms with Gasteiger partial charge in [-0.1, -0.05) is 0 Å². The molecule has 6 aromatic rings. The van der Waals surface area contributed by atoms with Crippen molar-refractivity contribution in [3.63, 3.8) is 0 Å². The van der Waals surface area contributed by atoms with E-state index in [4.69, 9.17) is 4.63 Å². The number of nitrogens with zero attached hydrogens (tertiary/aromatic N) is 14. The number of hydrogen-bond acceptors (Lipinski definition) is 17. The lowest BCUT2D eigenvalue weighted by Gasteiger charge is -2.00. The number of nitro groups is 2. The van der Waals surface area contributed by atoms with Crippen molar-refractivity contribution in [2.45, 2.75) is 0 Å². The maximum absolute atomic E-state index is 11.2. The summed E-state index contributed by atoms with van der Waals surface area (Å²) in [7, 11) is 0. The summed E-state index contributed by atoms with van der Waals surface area (Å²) in [6, 6.07) is 0. The van der Waals surface area contributed by atoms with Crippen LogP contribution in [0.25, 0.3) is 45.6 Å². The summed E-state index contributed by atoms with van der Waals surface area (Å²) in [5.74, 6) is -1.79. The first kappa shape index (κ1) is 16.5. The van der Waals surface area contributed by atoms with E-state index in [1.807, 2.05) is 0 Å².